The molecule has 26 heavy (non-hydrogen) atoms. The number of thiazole rings is 1. The zero-order chi connectivity index (χ0) is 18.4. The van der Waals surface area contributed by atoms with E-state index in [4.69, 9.17) is 0 Å². The van der Waals surface area contributed by atoms with Crippen LogP contribution in [0.4, 0.5) is 5.69 Å². The van der Waals surface area contributed by atoms with E-state index in [1.807, 2.05) is 60.0 Å². The summed E-state index contributed by atoms with van der Waals surface area (Å²) < 4.78 is 4.52. The van der Waals surface area contributed by atoms with Crippen LogP contribution in [0.2, 0.25) is 0 Å². The molecule has 0 aliphatic rings. The number of amides is 1. The topological polar surface area (TPSA) is 68.3 Å². The summed E-state index contributed by atoms with van der Waals surface area (Å²) in [5.74, 6) is -0.614. The van der Waals surface area contributed by atoms with Crippen LogP contribution >= 0.6 is 11.3 Å². The standard InChI is InChI=1S/C20H18N2O3S/c1-25-19(24)12-11-18(23)21-16-9-7-14(8-10-16)17-13-26-20(22-17)15-5-3-2-4-6-15/h2-10,13H,11-12H2,1H3,(H,21,23). The molecular weight excluding hydrogens is 348 g/mol. The van der Waals surface area contributed by atoms with Gasteiger partial charge in [0.05, 0.1) is 19.2 Å². The maximum atomic E-state index is 11.8. The summed E-state index contributed by atoms with van der Waals surface area (Å²) >= 11 is 1.60. The second-order valence-electron chi connectivity index (χ2n) is 5.61. The molecule has 132 valence electrons. The Morgan fingerprint density at radius 3 is 2.42 bits per heavy atom. The summed E-state index contributed by atoms with van der Waals surface area (Å²) in [4.78, 5) is 27.6. The van der Waals surface area contributed by atoms with Gasteiger partial charge in [0.25, 0.3) is 0 Å². The van der Waals surface area contributed by atoms with Crippen molar-refractivity contribution in [2.75, 3.05) is 12.4 Å². The van der Waals surface area contributed by atoms with Crippen LogP contribution < -0.4 is 5.32 Å². The molecule has 0 atom stereocenters. The Kier molecular flexibility index (Phi) is 5.76. The van der Waals surface area contributed by atoms with Gasteiger partial charge in [-0.2, -0.15) is 0 Å². The van der Waals surface area contributed by atoms with Gasteiger partial charge in [-0.1, -0.05) is 42.5 Å². The predicted molar refractivity (Wildman–Crippen MR) is 103 cm³/mol. The molecule has 2 aromatic carbocycles. The number of hydrogen-bond donors (Lipinski definition) is 1. The fourth-order valence-electron chi connectivity index (χ4n) is 2.39. The number of ether oxygens (including phenoxy) is 1. The molecule has 0 unspecified atom stereocenters. The normalized spacial score (nSPS) is 10.3. The van der Waals surface area contributed by atoms with Crippen LogP contribution in [0.3, 0.4) is 0 Å². The fraction of sp³-hybridized carbons (Fsp3) is 0.150. The maximum absolute atomic E-state index is 11.8. The summed E-state index contributed by atoms with van der Waals surface area (Å²) in [5, 5.41) is 5.76. The minimum Gasteiger partial charge on any atom is -0.469 e. The number of nitrogens with zero attached hydrogens (tertiary/aromatic N) is 1. The number of hydrogen-bond acceptors (Lipinski definition) is 5. The minimum absolute atomic E-state index is 0.0709. The lowest BCUT2D eigenvalue weighted by atomic mass is 10.1. The molecule has 5 nitrogen and oxygen atoms in total. The SMILES string of the molecule is COC(=O)CCC(=O)Nc1ccc(-c2csc(-c3ccccc3)n2)cc1. The van der Waals surface area contributed by atoms with Crippen LogP contribution in [0.1, 0.15) is 12.8 Å². The average molecular weight is 366 g/mol. The Hall–Kier alpha value is -2.99. The first kappa shape index (κ1) is 17.8. The summed E-state index contributed by atoms with van der Waals surface area (Å²) in [5.41, 5.74) is 3.66. The number of benzene rings is 2. The van der Waals surface area contributed by atoms with Gasteiger partial charge in [0.15, 0.2) is 0 Å². The van der Waals surface area contributed by atoms with Crippen LogP contribution in [0, 0.1) is 0 Å². The molecule has 6 heteroatoms. The van der Waals surface area contributed by atoms with Gasteiger partial charge in [-0.05, 0) is 12.1 Å². The van der Waals surface area contributed by atoms with E-state index in [9.17, 15) is 9.59 Å². The minimum atomic E-state index is -0.395. The zero-order valence-corrected chi connectivity index (χ0v) is 15.1. The quantitative estimate of drug-likeness (QED) is 0.658. The van der Waals surface area contributed by atoms with Gasteiger partial charge in [-0.25, -0.2) is 4.98 Å². The highest BCUT2D eigenvalue weighted by atomic mass is 32.1. The van der Waals surface area contributed by atoms with E-state index in [1.54, 1.807) is 11.3 Å². The number of carbonyl (C=O) groups is 2. The predicted octanol–water partition coefficient (Wildman–Crippen LogP) is 4.37. The summed E-state index contributed by atoms with van der Waals surface area (Å²) in [6, 6.07) is 17.5. The van der Waals surface area contributed by atoms with Crippen molar-refractivity contribution in [1.82, 2.24) is 4.98 Å². The average Bonchev–Trinajstić information content (AvgIpc) is 3.17. The van der Waals surface area contributed by atoms with Crippen molar-refractivity contribution in [1.29, 1.82) is 0 Å². The van der Waals surface area contributed by atoms with E-state index in [0.717, 1.165) is 21.8 Å². The number of aromatic nitrogens is 1. The lowest BCUT2D eigenvalue weighted by Gasteiger charge is -2.05. The van der Waals surface area contributed by atoms with Gasteiger partial charge in [0.1, 0.15) is 5.01 Å². The summed E-state index contributed by atoms with van der Waals surface area (Å²) in [6.45, 7) is 0. The van der Waals surface area contributed by atoms with Crippen LogP contribution in [-0.4, -0.2) is 24.0 Å². The van der Waals surface area contributed by atoms with E-state index in [-0.39, 0.29) is 18.7 Å². The smallest absolute Gasteiger partial charge is 0.306 e. The molecule has 0 radical (unpaired) electrons. The largest absolute Gasteiger partial charge is 0.469 e. The van der Waals surface area contributed by atoms with E-state index >= 15 is 0 Å². The summed E-state index contributed by atoms with van der Waals surface area (Å²) in [6.07, 6.45) is 0.169. The molecule has 0 aliphatic heterocycles. The Morgan fingerprint density at radius 1 is 1.00 bits per heavy atom. The van der Waals surface area contributed by atoms with Crippen LogP contribution in [-0.2, 0) is 14.3 Å². The van der Waals surface area contributed by atoms with Crippen LogP contribution in [0.5, 0.6) is 0 Å². The van der Waals surface area contributed by atoms with E-state index in [2.05, 4.69) is 15.0 Å². The van der Waals surface area contributed by atoms with Crippen molar-refractivity contribution in [2.24, 2.45) is 0 Å². The third-order valence-electron chi connectivity index (χ3n) is 3.77. The van der Waals surface area contributed by atoms with Crippen molar-refractivity contribution < 1.29 is 14.3 Å². The molecule has 0 saturated heterocycles. The fourth-order valence-corrected chi connectivity index (χ4v) is 3.22. The van der Waals surface area contributed by atoms with E-state index in [1.165, 1.54) is 7.11 Å². The lowest BCUT2D eigenvalue weighted by molar-refractivity contribution is -0.141. The van der Waals surface area contributed by atoms with Gasteiger partial charge < -0.3 is 10.1 Å². The van der Waals surface area contributed by atoms with E-state index < -0.39 is 5.97 Å². The molecule has 1 heterocycles. The van der Waals surface area contributed by atoms with Gasteiger partial charge in [-0.3, -0.25) is 9.59 Å². The molecular formula is C20H18N2O3S. The zero-order valence-electron chi connectivity index (χ0n) is 14.3. The first-order valence-corrected chi connectivity index (χ1v) is 9.02. The molecule has 1 aromatic heterocycles. The molecule has 3 aromatic rings. The van der Waals surface area contributed by atoms with E-state index in [0.29, 0.717) is 5.69 Å². The van der Waals surface area contributed by atoms with Crippen molar-refractivity contribution in [3.8, 4) is 21.8 Å². The summed E-state index contributed by atoms with van der Waals surface area (Å²) in [7, 11) is 1.31. The lowest BCUT2D eigenvalue weighted by Crippen LogP contribution is -2.13. The molecule has 1 N–H and O–H groups in total. The van der Waals surface area contributed by atoms with Gasteiger partial charge in [0, 0.05) is 28.6 Å². The third kappa shape index (κ3) is 4.55. The van der Waals surface area contributed by atoms with Crippen LogP contribution in [0.25, 0.3) is 21.8 Å². The van der Waals surface area contributed by atoms with Crippen molar-refractivity contribution >= 4 is 28.9 Å². The number of anilines is 1. The highest BCUT2D eigenvalue weighted by Gasteiger charge is 2.09. The third-order valence-corrected chi connectivity index (χ3v) is 4.66. The highest BCUT2D eigenvalue weighted by Crippen LogP contribution is 2.29. The number of rotatable bonds is 6. The maximum Gasteiger partial charge on any atom is 0.306 e. The molecule has 0 aliphatic carbocycles. The second-order valence-corrected chi connectivity index (χ2v) is 6.46. The molecule has 0 spiro atoms. The van der Waals surface area contributed by atoms with Gasteiger partial charge in [0.2, 0.25) is 5.91 Å². The number of esters is 1. The Bertz CT molecular complexity index is 889. The molecule has 0 bridgehead atoms. The monoisotopic (exact) mass is 366 g/mol. The van der Waals surface area contributed by atoms with Crippen LogP contribution in [0.15, 0.2) is 60.0 Å². The molecule has 0 saturated carbocycles. The Morgan fingerprint density at radius 2 is 1.73 bits per heavy atom. The van der Waals surface area contributed by atoms with Crippen molar-refractivity contribution in [2.45, 2.75) is 12.8 Å². The van der Waals surface area contributed by atoms with Gasteiger partial charge >= 0.3 is 5.97 Å². The Balaban J connectivity index is 1.64. The highest BCUT2D eigenvalue weighted by molar-refractivity contribution is 7.13. The molecule has 0 fully saturated rings. The van der Waals surface area contributed by atoms with Crippen molar-refractivity contribution in [3.05, 3.63) is 60.0 Å². The number of carbonyl (C=O) groups excluding carboxylic acids is 2. The number of nitrogens with one attached hydrogen (secondary N) is 1. The number of methoxy groups -OCH3 is 1. The molecule has 1 amide bonds. The first-order valence-electron chi connectivity index (χ1n) is 8.14. The second kappa shape index (κ2) is 8.40. The first-order chi connectivity index (χ1) is 12.7. The molecule has 3 rings (SSSR count). The Labute approximate surface area is 155 Å². The van der Waals surface area contributed by atoms with Gasteiger partial charge in [-0.15, -0.1) is 11.3 Å². The van der Waals surface area contributed by atoms with Crippen molar-refractivity contribution in [3.63, 3.8) is 0 Å².